The van der Waals surface area contributed by atoms with Crippen molar-refractivity contribution in [2.75, 3.05) is 0 Å². The first kappa shape index (κ1) is 13.9. The second-order valence-electron chi connectivity index (χ2n) is 6.59. The number of fused-ring (bicyclic) bond motifs is 2. The third-order valence-electron chi connectivity index (χ3n) is 5.36. The van der Waals surface area contributed by atoms with Crippen LogP contribution in [0.3, 0.4) is 0 Å². The number of nitrogens with zero attached hydrogens (tertiary/aromatic N) is 1. The van der Waals surface area contributed by atoms with Crippen LogP contribution in [0.2, 0.25) is 0 Å². The third kappa shape index (κ3) is 2.32. The van der Waals surface area contributed by atoms with Crippen LogP contribution in [0.5, 0.6) is 0 Å². The number of amides is 1. The normalized spacial score (nSPS) is 40.6. The zero-order chi connectivity index (χ0) is 14.3. The smallest absolute Gasteiger partial charge is 0.307 e. The maximum Gasteiger partial charge on any atom is 0.307 e. The van der Waals surface area contributed by atoms with E-state index in [9.17, 15) is 19.8 Å². The van der Waals surface area contributed by atoms with Gasteiger partial charge in [0.25, 0.3) is 0 Å². The van der Waals surface area contributed by atoms with Crippen LogP contribution in [-0.2, 0) is 9.59 Å². The Balaban J connectivity index is 1.76. The molecular weight excluding hydrogens is 258 g/mol. The van der Waals surface area contributed by atoms with Gasteiger partial charge in [0.05, 0.1) is 17.9 Å². The fourth-order valence-electron chi connectivity index (χ4n) is 4.42. The number of carboxylic acid groups (broad SMARTS) is 1. The molecule has 112 valence electrons. The zero-order valence-corrected chi connectivity index (χ0v) is 11.7. The van der Waals surface area contributed by atoms with E-state index < -0.39 is 11.9 Å². The van der Waals surface area contributed by atoms with Crippen molar-refractivity contribution in [3.63, 3.8) is 0 Å². The third-order valence-corrected chi connectivity index (χ3v) is 5.36. The van der Waals surface area contributed by atoms with E-state index in [4.69, 9.17) is 0 Å². The Bertz CT molecular complexity index is 397. The van der Waals surface area contributed by atoms with Gasteiger partial charge in [-0.3, -0.25) is 9.59 Å². The highest BCUT2D eigenvalue weighted by molar-refractivity contribution is 5.85. The number of hydrogen-bond acceptors (Lipinski definition) is 3. The molecule has 5 nitrogen and oxygen atoms in total. The minimum Gasteiger partial charge on any atom is -0.481 e. The standard InChI is InChI=1S/C15H23NO4/c17-11-7-9-5-6-10(8-11)16(9)14(18)12-3-1-2-4-13(12)15(19)20/h9-13,17H,1-8H2,(H,19,20). The molecule has 0 aromatic heterocycles. The van der Waals surface area contributed by atoms with Gasteiger partial charge in [-0.05, 0) is 38.5 Å². The largest absolute Gasteiger partial charge is 0.481 e. The summed E-state index contributed by atoms with van der Waals surface area (Å²) in [5.41, 5.74) is 0. The van der Waals surface area contributed by atoms with Crippen molar-refractivity contribution < 1.29 is 19.8 Å². The Morgan fingerprint density at radius 3 is 2.00 bits per heavy atom. The van der Waals surface area contributed by atoms with E-state index in [0.717, 1.165) is 25.7 Å². The molecule has 4 unspecified atom stereocenters. The number of carbonyl (C=O) groups is 2. The average Bonchev–Trinajstić information content (AvgIpc) is 2.70. The summed E-state index contributed by atoms with van der Waals surface area (Å²) < 4.78 is 0. The highest BCUT2D eigenvalue weighted by Gasteiger charge is 2.47. The van der Waals surface area contributed by atoms with Crippen LogP contribution in [0, 0.1) is 11.8 Å². The van der Waals surface area contributed by atoms with E-state index in [1.54, 1.807) is 0 Å². The van der Waals surface area contributed by atoms with Gasteiger partial charge in [0.15, 0.2) is 0 Å². The molecule has 2 heterocycles. The fraction of sp³-hybridized carbons (Fsp3) is 0.867. The van der Waals surface area contributed by atoms with E-state index >= 15 is 0 Å². The molecule has 20 heavy (non-hydrogen) atoms. The van der Waals surface area contributed by atoms with E-state index in [1.807, 2.05) is 4.90 Å². The number of aliphatic hydroxyl groups is 1. The monoisotopic (exact) mass is 281 g/mol. The fourth-order valence-corrected chi connectivity index (χ4v) is 4.42. The number of hydrogen-bond donors (Lipinski definition) is 2. The second kappa shape index (κ2) is 5.35. The quantitative estimate of drug-likeness (QED) is 0.802. The first-order chi connectivity index (χ1) is 9.58. The van der Waals surface area contributed by atoms with E-state index in [2.05, 4.69) is 0 Å². The number of aliphatic hydroxyl groups excluding tert-OH is 1. The topological polar surface area (TPSA) is 77.8 Å². The molecule has 1 aliphatic carbocycles. The summed E-state index contributed by atoms with van der Waals surface area (Å²) in [6.07, 6.45) is 6.12. The molecule has 2 bridgehead atoms. The van der Waals surface area contributed by atoms with Crippen LogP contribution in [0.15, 0.2) is 0 Å². The molecule has 2 N–H and O–H groups in total. The van der Waals surface area contributed by atoms with Gasteiger partial charge in [0.2, 0.25) is 5.91 Å². The molecular formula is C15H23NO4. The summed E-state index contributed by atoms with van der Waals surface area (Å²) in [5, 5.41) is 19.1. The van der Waals surface area contributed by atoms with Gasteiger partial charge in [-0.2, -0.15) is 0 Å². The second-order valence-corrected chi connectivity index (χ2v) is 6.59. The van der Waals surface area contributed by atoms with Gasteiger partial charge >= 0.3 is 5.97 Å². The van der Waals surface area contributed by atoms with Crippen LogP contribution >= 0.6 is 0 Å². The molecule has 3 aliphatic rings. The Morgan fingerprint density at radius 1 is 0.900 bits per heavy atom. The highest BCUT2D eigenvalue weighted by atomic mass is 16.4. The summed E-state index contributed by atoms with van der Waals surface area (Å²) >= 11 is 0. The SMILES string of the molecule is O=C(O)C1CCCCC1C(=O)N1C2CCC1CC(O)C2. The molecule has 0 spiro atoms. The van der Waals surface area contributed by atoms with Crippen molar-refractivity contribution in [2.24, 2.45) is 11.8 Å². The number of piperidine rings is 1. The van der Waals surface area contributed by atoms with Crippen LogP contribution in [-0.4, -0.2) is 45.2 Å². The maximum atomic E-state index is 12.8. The summed E-state index contributed by atoms with van der Waals surface area (Å²) in [6.45, 7) is 0. The molecule has 2 saturated heterocycles. The van der Waals surface area contributed by atoms with Gasteiger partial charge in [0, 0.05) is 12.1 Å². The van der Waals surface area contributed by atoms with Crippen molar-refractivity contribution in [2.45, 2.75) is 69.6 Å². The Hall–Kier alpha value is -1.10. The lowest BCUT2D eigenvalue weighted by molar-refractivity contribution is -0.155. The molecule has 1 saturated carbocycles. The van der Waals surface area contributed by atoms with Gasteiger partial charge in [0.1, 0.15) is 0 Å². The maximum absolute atomic E-state index is 12.8. The highest BCUT2D eigenvalue weighted by Crippen LogP contribution is 2.40. The molecule has 2 aliphatic heterocycles. The van der Waals surface area contributed by atoms with Crippen LogP contribution in [0.1, 0.15) is 51.4 Å². The van der Waals surface area contributed by atoms with Gasteiger partial charge in [-0.15, -0.1) is 0 Å². The summed E-state index contributed by atoms with van der Waals surface area (Å²) in [4.78, 5) is 26.1. The first-order valence-electron chi connectivity index (χ1n) is 7.81. The molecule has 1 amide bonds. The number of aliphatic carboxylic acids is 1. The van der Waals surface area contributed by atoms with E-state index in [1.165, 1.54) is 0 Å². The van der Waals surface area contributed by atoms with Crippen molar-refractivity contribution in [3.05, 3.63) is 0 Å². The lowest BCUT2D eigenvalue weighted by Crippen LogP contribution is -2.52. The summed E-state index contributed by atoms with van der Waals surface area (Å²) in [5.74, 6) is -1.65. The number of carboxylic acids is 1. The van der Waals surface area contributed by atoms with Crippen molar-refractivity contribution >= 4 is 11.9 Å². The van der Waals surface area contributed by atoms with Crippen molar-refractivity contribution in [1.82, 2.24) is 4.90 Å². The molecule has 3 fully saturated rings. The number of carbonyl (C=O) groups excluding carboxylic acids is 1. The molecule has 0 aromatic carbocycles. The lowest BCUT2D eigenvalue weighted by atomic mass is 9.78. The lowest BCUT2D eigenvalue weighted by Gasteiger charge is -2.41. The minimum absolute atomic E-state index is 0.0384. The van der Waals surface area contributed by atoms with Crippen LogP contribution < -0.4 is 0 Å². The van der Waals surface area contributed by atoms with Gasteiger partial charge in [-0.25, -0.2) is 0 Å². The average molecular weight is 281 g/mol. The first-order valence-corrected chi connectivity index (χ1v) is 7.81. The minimum atomic E-state index is -0.826. The van der Waals surface area contributed by atoms with E-state index in [-0.39, 0.29) is 30.0 Å². The number of rotatable bonds is 2. The Morgan fingerprint density at radius 2 is 1.45 bits per heavy atom. The summed E-state index contributed by atoms with van der Waals surface area (Å²) in [6, 6.07) is 0.264. The molecule has 5 heteroatoms. The molecule has 4 atom stereocenters. The van der Waals surface area contributed by atoms with E-state index in [0.29, 0.717) is 25.7 Å². The van der Waals surface area contributed by atoms with Crippen LogP contribution in [0.25, 0.3) is 0 Å². The van der Waals surface area contributed by atoms with Gasteiger partial charge < -0.3 is 15.1 Å². The molecule has 0 radical (unpaired) electrons. The van der Waals surface area contributed by atoms with Crippen molar-refractivity contribution in [1.29, 1.82) is 0 Å². The van der Waals surface area contributed by atoms with Gasteiger partial charge in [-0.1, -0.05) is 12.8 Å². The Labute approximate surface area is 119 Å². The predicted octanol–water partition coefficient (Wildman–Crippen LogP) is 1.39. The predicted molar refractivity (Wildman–Crippen MR) is 72.0 cm³/mol. The molecule has 0 aromatic rings. The summed E-state index contributed by atoms with van der Waals surface area (Å²) in [7, 11) is 0. The van der Waals surface area contributed by atoms with Crippen molar-refractivity contribution in [3.8, 4) is 0 Å². The molecule has 3 rings (SSSR count). The zero-order valence-electron chi connectivity index (χ0n) is 11.7. The van der Waals surface area contributed by atoms with Crippen LogP contribution in [0.4, 0.5) is 0 Å². The Kier molecular flexibility index (Phi) is 3.71.